The number of hydrogen-bond donors (Lipinski definition) is 1. The van der Waals surface area contributed by atoms with E-state index in [1.807, 2.05) is 19.0 Å². The Morgan fingerprint density at radius 3 is 2.52 bits per heavy atom. The van der Waals surface area contributed by atoms with E-state index in [1.54, 1.807) is 19.2 Å². The standard InChI is InChI=1S/C14H19N3O4/c1-16(2)12-5-4-9(6-15-12)13(18)17(3)11-8-21-7-10(11)14(19)20/h4-6,10-11H,7-8H2,1-3H3,(H,19,20). The predicted molar refractivity (Wildman–Crippen MR) is 76.4 cm³/mol. The third-order valence-electron chi connectivity index (χ3n) is 3.64. The molecule has 2 heterocycles. The molecule has 7 nitrogen and oxygen atoms in total. The average Bonchev–Trinajstić information content (AvgIpc) is 2.95. The number of hydrogen-bond acceptors (Lipinski definition) is 5. The number of carbonyl (C=O) groups is 2. The monoisotopic (exact) mass is 293 g/mol. The SMILES string of the molecule is CN(C)c1ccc(C(=O)N(C)C2COCC2C(=O)O)cn1. The first-order valence-electron chi connectivity index (χ1n) is 6.63. The molecule has 0 aliphatic carbocycles. The van der Waals surface area contributed by atoms with Gasteiger partial charge in [0.2, 0.25) is 0 Å². The number of anilines is 1. The summed E-state index contributed by atoms with van der Waals surface area (Å²) >= 11 is 0. The Balaban J connectivity index is 2.13. The minimum Gasteiger partial charge on any atom is -0.481 e. The molecule has 1 aromatic heterocycles. The highest BCUT2D eigenvalue weighted by Gasteiger charge is 2.38. The highest BCUT2D eigenvalue weighted by molar-refractivity contribution is 5.94. The first-order valence-corrected chi connectivity index (χ1v) is 6.63. The van der Waals surface area contributed by atoms with E-state index in [2.05, 4.69) is 4.98 Å². The molecule has 0 spiro atoms. The van der Waals surface area contributed by atoms with Crippen molar-refractivity contribution in [2.24, 2.45) is 5.92 Å². The second-order valence-corrected chi connectivity index (χ2v) is 5.27. The summed E-state index contributed by atoms with van der Waals surface area (Å²) in [6.07, 6.45) is 1.50. The van der Waals surface area contributed by atoms with Gasteiger partial charge < -0.3 is 19.6 Å². The Bertz CT molecular complexity index is 530. The van der Waals surface area contributed by atoms with Gasteiger partial charge >= 0.3 is 5.97 Å². The van der Waals surface area contributed by atoms with Crippen LogP contribution in [0.4, 0.5) is 5.82 Å². The fourth-order valence-electron chi connectivity index (χ4n) is 2.29. The maximum absolute atomic E-state index is 12.4. The van der Waals surface area contributed by atoms with Crippen LogP contribution in [0.15, 0.2) is 18.3 Å². The number of rotatable bonds is 4. The number of carboxylic acids is 1. The van der Waals surface area contributed by atoms with Crippen LogP contribution in [0.3, 0.4) is 0 Å². The van der Waals surface area contributed by atoms with Gasteiger partial charge in [0.15, 0.2) is 0 Å². The lowest BCUT2D eigenvalue weighted by atomic mass is 10.0. The smallest absolute Gasteiger partial charge is 0.311 e. The third kappa shape index (κ3) is 3.13. The van der Waals surface area contributed by atoms with Crippen molar-refractivity contribution >= 4 is 17.7 Å². The van der Waals surface area contributed by atoms with Crippen molar-refractivity contribution in [2.45, 2.75) is 6.04 Å². The van der Waals surface area contributed by atoms with Crippen molar-refractivity contribution < 1.29 is 19.4 Å². The quantitative estimate of drug-likeness (QED) is 0.861. The molecule has 2 atom stereocenters. The van der Waals surface area contributed by atoms with E-state index in [1.165, 1.54) is 11.1 Å². The molecule has 1 aromatic rings. The Morgan fingerprint density at radius 1 is 1.29 bits per heavy atom. The maximum Gasteiger partial charge on any atom is 0.311 e. The molecule has 1 aliphatic heterocycles. The second kappa shape index (κ2) is 6.09. The van der Waals surface area contributed by atoms with E-state index in [0.29, 0.717) is 5.56 Å². The number of nitrogens with zero attached hydrogens (tertiary/aromatic N) is 3. The number of amides is 1. The lowest BCUT2D eigenvalue weighted by Gasteiger charge is -2.26. The molecule has 1 N–H and O–H groups in total. The van der Waals surface area contributed by atoms with Crippen LogP contribution in [0.1, 0.15) is 10.4 Å². The largest absolute Gasteiger partial charge is 0.481 e. The number of aliphatic carboxylic acids is 1. The van der Waals surface area contributed by atoms with Crippen LogP contribution >= 0.6 is 0 Å². The lowest BCUT2D eigenvalue weighted by molar-refractivity contribution is -0.142. The molecule has 2 rings (SSSR count). The summed E-state index contributed by atoms with van der Waals surface area (Å²) in [6, 6.07) is 2.98. The van der Waals surface area contributed by atoms with Gasteiger partial charge in [0.05, 0.1) is 24.8 Å². The molecule has 1 aliphatic rings. The molecule has 0 bridgehead atoms. The van der Waals surface area contributed by atoms with Crippen molar-refractivity contribution in [3.05, 3.63) is 23.9 Å². The molecule has 0 saturated carbocycles. The van der Waals surface area contributed by atoms with Crippen molar-refractivity contribution in [2.75, 3.05) is 39.3 Å². The minimum atomic E-state index is -0.946. The Labute approximate surface area is 123 Å². The Hall–Kier alpha value is -2.15. The zero-order valence-electron chi connectivity index (χ0n) is 12.3. The first-order chi connectivity index (χ1) is 9.91. The van der Waals surface area contributed by atoms with Crippen molar-refractivity contribution in [3.63, 3.8) is 0 Å². The summed E-state index contributed by atoms with van der Waals surface area (Å²) in [5.74, 6) is -1.14. The molecule has 2 unspecified atom stereocenters. The van der Waals surface area contributed by atoms with Crippen LogP contribution in [0.2, 0.25) is 0 Å². The summed E-state index contributed by atoms with van der Waals surface area (Å²) in [5, 5.41) is 9.15. The van der Waals surface area contributed by atoms with Gasteiger partial charge in [-0.25, -0.2) is 4.98 Å². The zero-order chi connectivity index (χ0) is 15.6. The second-order valence-electron chi connectivity index (χ2n) is 5.27. The van der Waals surface area contributed by atoms with E-state index in [-0.39, 0.29) is 19.1 Å². The molecule has 0 radical (unpaired) electrons. The van der Waals surface area contributed by atoms with E-state index in [4.69, 9.17) is 9.84 Å². The number of pyridine rings is 1. The summed E-state index contributed by atoms with van der Waals surface area (Å²) in [4.78, 5) is 31.0. The zero-order valence-corrected chi connectivity index (χ0v) is 12.3. The molecule has 1 fully saturated rings. The minimum absolute atomic E-state index is 0.134. The van der Waals surface area contributed by atoms with Crippen LogP contribution < -0.4 is 4.90 Å². The summed E-state index contributed by atoms with van der Waals surface area (Å²) in [7, 11) is 5.32. The number of likely N-dealkylation sites (N-methyl/N-ethyl adjacent to an activating group) is 1. The maximum atomic E-state index is 12.4. The molecule has 1 saturated heterocycles. The van der Waals surface area contributed by atoms with Crippen LogP contribution in [0.5, 0.6) is 0 Å². The van der Waals surface area contributed by atoms with E-state index in [9.17, 15) is 9.59 Å². The number of ether oxygens (including phenoxy) is 1. The number of carbonyl (C=O) groups excluding carboxylic acids is 1. The third-order valence-corrected chi connectivity index (χ3v) is 3.64. The fourth-order valence-corrected chi connectivity index (χ4v) is 2.29. The van der Waals surface area contributed by atoms with Crippen LogP contribution in [-0.4, -0.2) is 67.3 Å². The summed E-state index contributed by atoms with van der Waals surface area (Å²) in [6.45, 7) is 0.373. The highest BCUT2D eigenvalue weighted by Crippen LogP contribution is 2.21. The molecule has 21 heavy (non-hydrogen) atoms. The van der Waals surface area contributed by atoms with Gasteiger partial charge in [-0.05, 0) is 12.1 Å². The van der Waals surface area contributed by atoms with Crippen LogP contribution in [-0.2, 0) is 9.53 Å². The highest BCUT2D eigenvalue weighted by atomic mass is 16.5. The van der Waals surface area contributed by atoms with Gasteiger partial charge in [-0.3, -0.25) is 9.59 Å². The Kier molecular flexibility index (Phi) is 4.42. The molecular formula is C14H19N3O4. The Morgan fingerprint density at radius 2 is 2.00 bits per heavy atom. The average molecular weight is 293 g/mol. The van der Waals surface area contributed by atoms with Gasteiger partial charge in [0.1, 0.15) is 11.7 Å². The first kappa shape index (κ1) is 15.2. The van der Waals surface area contributed by atoms with Crippen molar-refractivity contribution in [1.82, 2.24) is 9.88 Å². The van der Waals surface area contributed by atoms with Gasteiger partial charge in [0.25, 0.3) is 5.91 Å². The predicted octanol–water partition coefficient (Wildman–Crippen LogP) is 0.319. The molecular weight excluding hydrogens is 274 g/mol. The van der Waals surface area contributed by atoms with Gasteiger partial charge in [-0.1, -0.05) is 0 Å². The van der Waals surface area contributed by atoms with Gasteiger partial charge in [-0.2, -0.15) is 0 Å². The number of aromatic nitrogens is 1. The molecule has 114 valence electrons. The van der Waals surface area contributed by atoms with Crippen LogP contribution in [0.25, 0.3) is 0 Å². The lowest BCUT2D eigenvalue weighted by Crippen LogP contribution is -2.44. The summed E-state index contributed by atoms with van der Waals surface area (Å²) < 4.78 is 5.19. The molecule has 1 amide bonds. The topological polar surface area (TPSA) is 83.0 Å². The van der Waals surface area contributed by atoms with Crippen molar-refractivity contribution in [3.8, 4) is 0 Å². The van der Waals surface area contributed by atoms with Crippen LogP contribution in [0, 0.1) is 5.92 Å². The van der Waals surface area contributed by atoms with E-state index >= 15 is 0 Å². The van der Waals surface area contributed by atoms with E-state index in [0.717, 1.165) is 5.82 Å². The molecule has 0 aromatic carbocycles. The fraction of sp³-hybridized carbons (Fsp3) is 0.500. The van der Waals surface area contributed by atoms with Gasteiger partial charge in [-0.15, -0.1) is 0 Å². The molecule has 7 heteroatoms. The normalized spacial score (nSPS) is 21.1. The van der Waals surface area contributed by atoms with Gasteiger partial charge in [0, 0.05) is 27.3 Å². The van der Waals surface area contributed by atoms with E-state index < -0.39 is 17.9 Å². The number of carboxylic acid groups (broad SMARTS) is 1. The summed E-state index contributed by atoms with van der Waals surface area (Å²) in [5.41, 5.74) is 0.430. The van der Waals surface area contributed by atoms with Crippen molar-refractivity contribution in [1.29, 1.82) is 0 Å².